The molecule has 3 nitrogen and oxygen atoms in total. The maximum Gasteiger partial charge on any atom is 0.185 e. The van der Waals surface area contributed by atoms with Gasteiger partial charge in [0.15, 0.2) is 17.3 Å². The molecule has 2 aromatic rings. The van der Waals surface area contributed by atoms with Gasteiger partial charge in [0.2, 0.25) is 0 Å². The second-order valence-corrected chi connectivity index (χ2v) is 4.75. The first-order valence-corrected chi connectivity index (χ1v) is 6.92. The molecule has 0 fully saturated rings. The van der Waals surface area contributed by atoms with E-state index in [4.69, 9.17) is 16.3 Å². The van der Waals surface area contributed by atoms with E-state index in [0.29, 0.717) is 23.5 Å². The molecule has 0 bridgehead atoms. The average Bonchev–Trinajstić information content (AvgIpc) is 2.50. The van der Waals surface area contributed by atoms with Crippen molar-refractivity contribution in [1.29, 1.82) is 0 Å². The van der Waals surface area contributed by atoms with E-state index in [9.17, 15) is 9.90 Å². The van der Waals surface area contributed by atoms with Crippen molar-refractivity contribution in [2.45, 2.75) is 6.92 Å². The normalized spacial score (nSPS) is 10.8. The minimum atomic E-state index is -0.0993. The zero-order chi connectivity index (χ0) is 15.2. The number of allylic oxidation sites excluding steroid dienone is 1. The number of carbonyl (C=O) groups excluding carboxylic acids is 1. The summed E-state index contributed by atoms with van der Waals surface area (Å²) >= 11 is 5.94. The number of hydrogen-bond donors (Lipinski definition) is 1. The van der Waals surface area contributed by atoms with Crippen molar-refractivity contribution in [2.24, 2.45) is 0 Å². The number of benzene rings is 2. The Labute approximate surface area is 128 Å². The summed E-state index contributed by atoms with van der Waals surface area (Å²) in [6, 6.07) is 12.2. The van der Waals surface area contributed by atoms with Gasteiger partial charge in [-0.15, -0.1) is 0 Å². The van der Waals surface area contributed by atoms with Gasteiger partial charge in [0.05, 0.1) is 11.6 Å². The quantitative estimate of drug-likeness (QED) is 0.660. The summed E-state index contributed by atoms with van der Waals surface area (Å²) in [5, 5.41) is 9.95. The Morgan fingerprint density at radius 3 is 2.67 bits per heavy atom. The number of phenolic OH excluding ortho intramolecular Hbond substituents is 1. The molecule has 2 rings (SSSR count). The number of aromatic hydroxyl groups is 1. The van der Waals surface area contributed by atoms with Crippen LogP contribution in [0.2, 0.25) is 5.02 Å². The van der Waals surface area contributed by atoms with Crippen LogP contribution in [-0.2, 0) is 0 Å². The van der Waals surface area contributed by atoms with Gasteiger partial charge in [-0.25, -0.2) is 0 Å². The van der Waals surface area contributed by atoms with Gasteiger partial charge in [-0.1, -0.05) is 48.0 Å². The summed E-state index contributed by atoms with van der Waals surface area (Å²) < 4.78 is 5.30. The van der Waals surface area contributed by atoms with Crippen LogP contribution in [0.4, 0.5) is 0 Å². The van der Waals surface area contributed by atoms with E-state index in [1.54, 1.807) is 30.3 Å². The lowest BCUT2D eigenvalue weighted by molar-refractivity contribution is 0.104. The first-order valence-electron chi connectivity index (χ1n) is 6.54. The van der Waals surface area contributed by atoms with Gasteiger partial charge in [-0.2, -0.15) is 0 Å². The summed E-state index contributed by atoms with van der Waals surface area (Å²) in [6.45, 7) is 2.23. The monoisotopic (exact) mass is 302 g/mol. The lowest BCUT2D eigenvalue weighted by Gasteiger charge is -2.08. The fraction of sp³-hybridized carbons (Fsp3) is 0.118. The van der Waals surface area contributed by atoms with E-state index < -0.39 is 0 Å². The Bertz CT molecular complexity index is 663. The molecule has 0 aliphatic heterocycles. The molecule has 2 aromatic carbocycles. The van der Waals surface area contributed by atoms with Crippen LogP contribution in [0.25, 0.3) is 6.08 Å². The number of rotatable bonds is 5. The third kappa shape index (κ3) is 3.86. The van der Waals surface area contributed by atoms with Gasteiger partial charge < -0.3 is 9.84 Å². The SMILES string of the molecule is CCOc1cc(/C=C/C(=O)c2ccccc2)cc(Cl)c1O. The Kier molecular flexibility index (Phi) is 5.01. The van der Waals surface area contributed by atoms with Gasteiger partial charge in [0.25, 0.3) is 0 Å². The zero-order valence-corrected chi connectivity index (χ0v) is 12.3. The van der Waals surface area contributed by atoms with Crippen molar-refractivity contribution in [2.75, 3.05) is 6.61 Å². The minimum absolute atomic E-state index is 0.0925. The summed E-state index contributed by atoms with van der Waals surface area (Å²) in [7, 11) is 0. The topological polar surface area (TPSA) is 46.5 Å². The number of ketones is 1. The second-order valence-electron chi connectivity index (χ2n) is 4.35. The Balaban J connectivity index is 2.23. The van der Waals surface area contributed by atoms with Crippen molar-refractivity contribution in [3.05, 3.63) is 64.7 Å². The molecular formula is C17H15ClO3. The number of phenols is 1. The Morgan fingerprint density at radius 1 is 1.29 bits per heavy atom. The van der Waals surface area contributed by atoms with E-state index in [0.717, 1.165) is 0 Å². The lowest BCUT2D eigenvalue weighted by Crippen LogP contribution is -1.94. The van der Waals surface area contributed by atoms with E-state index in [2.05, 4.69) is 0 Å². The molecule has 0 saturated carbocycles. The highest BCUT2D eigenvalue weighted by molar-refractivity contribution is 6.32. The lowest BCUT2D eigenvalue weighted by atomic mass is 10.1. The van der Waals surface area contributed by atoms with Crippen LogP contribution in [0, 0.1) is 0 Å². The van der Waals surface area contributed by atoms with Crippen LogP contribution in [0.3, 0.4) is 0 Å². The van der Waals surface area contributed by atoms with Crippen molar-refractivity contribution in [1.82, 2.24) is 0 Å². The highest BCUT2D eigenvalue weighted by Crippen LogP contribution is 2.35. The summed E-state index contributed by atoms with van der Waals surface area (Å²) in [5.41, 5.74) is 1.30. The smallest absolute Gasteiger partial charge is 0.185 e. The number of ether oxygens (including phenoxy) is 1. The van der Waals surface area contributed by atoms with Crippen LogP contribution in [0.15, 0.2) is 48.5 Å². The fourth-order valence-corrected chi connectivity index (χ4v) is 2.05. The van der Waals surface area contributed by atoms with E-state index in [-0.39, 0.29) is 16.6 Å². The van der Waals surface area contributed by atoms with Crippen LogP contribution in [0.1, 0.15) is 22.8 Å². The summed E-state index contributed by atoms with van der Waals surface area (Å²) in [5.74, 6) is 0.111. The average molecular weight is 303 g/mol. The van der Waals surface area contributed by atoms with Crippen molar-refractivity contribution >= 4 is 23.5 Å². The van der Waals surface area contributed by atoms with Crippen LogP contribution >= 0.6 is 11.6 Å². The highest BCUT2D eigenvalue weighted by Gasteiger charge is 2.08. The molecule has 0 aliphatic rings. The van der Waals surface area contributed by atoms with Crippen LogP contribution in [0.5, 0.6) is 11.5 Å². The third-order valence-corrected chi connectivity index (χ3v) is 3.12. The Hall–Kier alpha value is -2.26. The first-order chi connectivity index (χ1) is 10.1. The molecule has 21 heavy (non-hydrogen) atoms. The molecule has 0 atom stereocenters. The van der Waals surface area contributed by atoms with Gasteiger partial charge in [0, 0.05) is 5.56 Å². The van der Waals surface area contributed by atoms with Gasteiger partial charge in [-0.3, -0.25) is 4.79 Å². The van der Waals surface area contributed by atoms with Crippen molar-refractivity contribution in [3.63, 3.8) is 0 Å². The number of hydrogen-bond acceptors (Lipinski definition) is 3. The summed E-state index contributed by atoms with van der Waals surface area (Å²) in [4.78, 5) is 12.0. The number of halogens is 1. The fourth-order valence-electron chi connectivity index (χ4n) is 1.83. The number of carbonyl (C=O) groups is 1. The maximum absolute atomic E-state index is 12.0. The molecule has 4 heteroatoms. The maximum atomic E-state index is 12.0. The molecule has 0 aliphatic carbocycles. The molecule has 1 N–H and O–H groups in total. The first kappa shape index (κ1) is 15.1. The standard InChI is InChI=1S/C17H15ClO3/c1-2-21-16-11-12(10-14(18)17(16)20)8-9-15(19)13-6-4-3-5-7-13/h3-11,20H,2H2,1H3/b9-8+. The van der Waals surface area contributed by atoms with Crippen molar-refractivity contribution < 1.29 is 14.6 Å². The Morgan fingerprint density at radius 2 is 2.00 bits per heavy atom. The summed E-state index contributed by atoms with van der Waals surface area (Å²) in [6.07, 6.45) is 3.11. The molecule has 0 heterocycles. The molecular weight excluding hydrogens is 288 g/mol. The van der Waals surface area contributed by atoms with Crippen molar-refractivity contribution in [3.8, 4) is 11.5 Å². The third-order valence-electron chi connectivity index (χ3n) is 2.84. The zero-order valence-electron chi connectivity index (χ0n) is 11.5. The second kappa shape index (κ2) is 6.95. The van der Waals surface area contributed by atoms with E-state index in [1.807, 2.05) is 25.1 Å². The highest BCUT2D eigenvalue weighted by atomic mass is 35.5. The van der Waals surface area contributed by atoms with Crippen LogP contribution in [-0.4, -0.2) is 17.5 Å². The molecule has 0 unspecified atom stereocenters. The van der Waals surface area contributed by atoms with Gasteiger partial charge in [0.1, 0.15) is 0 Å². The molecule has 0 amide bonds. The van der Waals surface area contributed by atoms with E-state index in [1.165, 1.54) is 6.08 Å². The van der Waals surface area contributed by atoms with Gasteiger partial charge in [-0.05, 0) is 30.7 Å². The molecule has 108 valence electrons. The largest absolute Gasteiger partial charge is 0.503 e. The van der Waals surface area contributed by atoms with Gasteiger partial charge >= 0.3 is 0 Å². The predicted octanol–water partition coefficient (Wildman–Crippen LogP) is 4.34. The van der Waals surface area contributed by atoms with E-state index >= 15 is 0 Å². The van der Waals surface area contributed by atoms with Crippen LogP contribution < -0.4 is 4.74 Å². The minimum Gasteiger partial charge on any atom is -0.503 e. The molecule has 0 aromatic heterocycles. The predicted molar refractivity (Wildman–Crippen MR) is 84.1 cm³/mol. The molecule has 0 spiro atoms. The molecule has 0 saturated heterocycles. The molecule has 0 radical (unpaired) electrons.